The van der Waals surface area contributed by atoms with Crippen molar-refractivity contribution in [2.45, 2.75) is 24.7 Å². The van der Waals surface area contributed by atoms with Crippen LogP contribution in [-0.4, -0.2) is 25.2 Å². The number of sulfonamides is 1. The van der Waals surface area contributed by atoms with Gasteiger partial charge in [-0.25, -0.2) is 13.1 Å². The lowest BCUT2D eigenvalue weighted by Gasteiger charge is -2.11. The van der Waals surface area contributed by atoms with Crippen LogP contribution in [0.1, 0.15) is 19.8 Å². The fourth-order valence-corrected chi connectivity index (χ4v) is 2.81. The van der Waals surface area contributed by atoms with E-state index in [0.717, 1.165) is 0 Å². The third kappa shape index (κ3) is 2.35. The Hall–Kier alpha value is -1.08. The van der Waals surface area contributed by atoms with Crippen molar-refractivity contribution in [2.24, 2.45) is 11.8 Å². The fraction of sp³-hybridized carbons (Fsp3) is 0.667. The van der Waals surface area contributed by atoms with Crippen LogP contribution in [0.4, 0.5) is 5.82 Å². The summed E-state index contributed by atoms with van der Waals surface area (Å²) in [6, 6.07) is 0. The number of rotatable bonds is 5. The lowest BCUT2D eigenvalue weighted by molar-refractivity contribution is 0.492. The summed E-state index contributed by atoms with van der Waals surface area (Å²) in [5.74, 6) is 1.12. The van der Waals surface area contributed by atoms with Gasteiger partial charge in [0.15, 0.2) is 0 Å². The predicted molar refractivity (Wildman–Crippen MR) is 60.1 cm³/mol. The van der Waals surface area contributed by atoms with Gasteiger partial charge in [0.2, 0.25) is 10.0 Å². The smallest absolute Gasteiger partial charge is 0.245 e. The maximum atomic E-state index is 11.8. The Morgan fingerprint density at radius 3 is 2.88 bits per heavy atom. The first kappa shape index (κ1) is 11.4. The maximum Gasteiger partial charge on any atom is 0.245 e. The molecule has 0 aromatic carbocycles. The number of nitrogen functional groups attached to an aromatic ring is 1. The summed E-state index contributed by atoms with van der Waals surface area (Å²) in [6.45, 7) is 2.51. The van der Waals surface area contributed by atoms with Crippen molar-refractivity contribution in [3.05, 3.63) is 6.20 Å². The van der Waals surface area contributed by atoms with E-state index < -0.39 is 10.0 Å². The minimum Gasteiger partial charge on any atom is -0.383 e. The fourth-order valence-electron chi connectivity index (χ4n) is 1.65. The first-order valence-corrected chi connectivity index (χ1v) is 6.77. The van der Waals surface area contributed by atoms with Crippen molar-refractivity contribution in [3.63, 3.8) is 0 Å². The van der Waals surface area contributed by atoms with E-state index in [1.807, 2.05) is 0 Å². The summed E-state index contributed by atoms with van der Waals surface area (Å²) in [5.41, 5.74) is 5.47. The van der Waals surface area contributed by atoms with E-state index in [9.17, 15) is 8.42 Å². The van der Waals surface area contributed by atoms with Gasteiger partial charge in [-0.15, -0.1) is 0 Å². The van der Waals surface area contributed by atoms with Crippen LogP contribution in [0.15, 0.2) is 11.1 Å². The number of aromatic nitrogens is 2. The summed E-state index contributed by atoms with van der Waals surface area (Å²) in [4.78, 5) is 0.0236. The largest absolute Gasteiger partial charge is 0.383 e. The second kappa shape index (κ2) is 4.06. The zero-order valence-corrected chi connectivity index (χ0v) is 9.92. The summed E-state index contributed by atoms with van der Waals surface area (Å²) in [7, 11) is -3.52. The molecule has 1 aliphatic rings. The van der Waals surface area contributed by atoms with Gasteiger partial charge in [0.05, 0.1) is 6.20 Å². The average molecular weight is 244 g/mol. The van der Waals surface area contributed by atoms with Crippen molar-refractivity contribution in [3.8, 4) is 0 Å². The molecule has 0 radical (unpaired) electrons. The van der Waals surface area contributed by atoms with Gasteiger partial charge in [0, 0.05) is 6.54 Å². The maximum absolute atomic E-state index is 11.8. The van der Waals surface area contributed by atoms with Crippen LogP contribution < -0.4 is 10.5 Å². The molecule has 1 atom stereocenters. The minimum atomic E-state index is -3.52. The molecule has 16 heavy (non-hydrogen) atoms. The molecule has 1 aromatic heterocycles. The lowest BCUT2D eigenvalue weighted by atomic mass is 10.1. The van der Waals surface area contributed by atoms with Crippen molar-refractivity contribution < 1.29 is 8.42 Å². The third-order valence-corrected chi connectivity index (χ3v) is 4.39. The Labute approximate surface area is 94.7 Å². The highest BCUT2D eigenvalue weighted by atomic mass is 32.2. The van der Waals surface area contributed by atoms with E-state index in [1.165, 1.54) is 19.0 Å². The first-order chi connectivity index (χ1) is 7.50. The second-order valence-corrected chi connectivity index (χ2v) is 6.05. The zero-order chi connectivity index (χ0) is 11.8. The van der Waals surface area contributed by atoms with Gasteiger partial charge in [-0.2, -0.15) is 5.10 Å². The number of nitrogens with two attached hydrogens (primary N) is 1. The van der Waals surface area contributed by atoms with Crippen LogP contribution in [0.3, 0.4) is 0 Å². The molecule has 4 N–H and O–H groups in total. The van der Waals surface area contributed by atoms with Crippen LogP contribution in [0.5, 0.6) is 0 Å². The summed E-state index contributed by atoms with van der Waals surface area (Å²) in [6.07, 6.45) is 3.63. The number of nitrogens with one attached hydrogen (secondary N) is 2. The Morgan fingerprint density at radius 1 is 1.69 bits per heavy atom. The highest BCUT2D eigenvalue weighted by Gasteiger charge is 2.29. The molecule has 2 rings (SSSR count). The van der Waals surface area contributed by atoms with E-state index in [0.29, 0.717) is 18.4 Å². The van der Waals surface area contributed by atoms with Crippen LogP contribution in [0, 0.1) is 11.8 Å². The van der Waals surface area contributed by atoms with Gasteiger partial charge >= 0.3 is 0 Å². The minimum absolute atomic E-state index is 0.0236. The summed E-state index contributed by atoms with van der Waals surface area (Å²) >= 11 is 0. The van der Waals surface area contributed by atoms with E-state index in [1.54, 1.807) is 0 Å². The molecule has 1 saturated carbocycles. The molecule has 0 bridgehead atoms. The van der Waals surface area contributed by atoms with E-state index >= 15 is 0 Å². The normalized spacial score (nSPS) is 18.6. The molecule has 90 valence electrons. The molecule has 0 amide bonds. The van der Waals surface area contributed by atoms with Gasteiger partial charge < -0.3 is 5.73 Å². The van der Waals surface area contributed by atoms with Gasteiger partial charge in [0.25, 0.3) is 0 Å². The topological polar surface area (TPSA) is 101 Å². The number of anilines is 1. The molecule has 1 fully saturated rings. The number of H-pyrrole nitrogens is 1. The second-order valence-electron chi connectivity index (χ2n) is 4.31. The van der Waals surface area contributed by atoms with Crippen LogP contribution >= 0.6 is 0 Å². The van der Waals surface area contributed by atoms with E-state index in [-0.39, 0.29) is 10.7 Å². The molecule has 0 aliphatic heterocycles. The summed E-state index contributed by atoms with van der Waals surface area (Å²) in [5, 5.41) is 6.00. The first-order valence-electron chi connectivity index (χ1n) is 5.29. The Balaban J connectivity index is 2.00. The van der Waals surface area contributed by atoms with Crippen molar-refractivity contribution >= 4 is 15.8 Å². The number of nitrogens with zero attached hydrogens (tertiary/aromatic N) is 1. The molecule has 1 aromatic rings. The van der Waals surface area contributed by atoms with E-state index in [4.69, 9.17) is 5.73 Å². The number of hydrogen-bond acceptors (Lipinski definition) is 4. The molecule has 0 spiro atoms. The Morgan fingerprint density at radius 2 is 2.38 bits per heavy atom. The van der Waals surface area contributed by atoms with Gasteiger partial charge in [-0.05, 0) is 24.7 Å². The number of hydrogen-bond donors (Lipinski definition) is 3. The SMILES string of the molecule is CC(CNS(=O)(=O)c1cn[nH]c1N)C1CC1. The molecule has 1 heterocycles. The molecule has 1 aliphatic carbocycles. The average Bonchev–Trinajstić information content (AvgIpc) is 2.98. The third-order valence-electron chi connectivity index (χ3n) is 2.94. The van der Waals surface area contributed by atoms with Gasteiger partial charge in [-0.1, -0.05) is 6.92 Å². The Bertz CT molecular complexity index is 464. The van der Waals surface area contributed by atoms with E-state index in [2.05, 4.69) is 21.8 Å². The van der Waals surface area contributed by atoms with Crippen molar-refractivity contribution in [2.75, 3.05) is 12.3 Å². The van der Waals surface area contributed by atoms with Gasteiger partial charge in [0.1, 0.15) is 10.7 Å². The monoisotopic (exact) mass is 244 g/mol. The predicted octanol–water partition coefficient (Wildman–Crippen LogP) is 0.316. The highest BCUT2D eigenvalue weighted by Crippen LogP contribution is 2.36. The molecule has 1 unspecified atom stereocenters. The van der Waals surface area contributed by atoms with Crippen molar-refractivity contribution in [1.29, 1.82) is 0 Å². The summed E-state index contributed by atoms with van der Waals surface area (Å²) < 4.78 is 26.2. The quantitative estimate of drug-likeness (QED) is 0.694. The highest BCUT2D eigenvalue weighted by molar-refractivity contribution is 7.89. The Kier molecular flexibility index (Phi) is 2.90. The lowest BCUT2D eigenvalue weighted by Crippen LogP contribution is -2.29. The molecular weight excluding hydrogens is 228 g/mol. The van der Waals surface area contributed by atoms with Crippen LogP contribution in [0.2, 0.25) is 0 Å². The van der Waals surface area contributed by atoms with Crippen molar-refractivity contribution in [1.82, 2.24) is 14.9 Å². The zero-order valence-electron chi connectivity index (χ0n) is 9.10. The molecule has 6 nitrogen and oxygen atoms in total. The van der Waals surface area contributed by atoms with Crippen LogP contribution in [0.25, 0.3) is 0 Å². The molecule has 7 heteroatoms. The van der Waals surface area contributed by atoms with Gasteiger partial charge in [-0.3, -0.25) is 5.10 Å². The standard InChI is InChI=1S/C9H16N4O2S/c1-6(7-2-3-7)4-12-16(14,15)8-5-11-13-9(8)10/h5-7,12H,2-4H2,1H3,(H3,10,11,13). The van der Waals surface area contributed by atoms with Crippen LogP contribution in [-0.2, 0) is 10.0 Å². The number of aromatic amines is 1. The molecule has 0 saturated heterocycles. The molecular formula is C9H16N4O2S.